The molecule has 4 nitrogen and oxygen atoms in total. The van der Waals surface area contributed by atoms with Crippen LogP contribution in [0.5, 0.6) is 0 Å². The minimum absolute atomic E-state index is 0.0767. The number of rotatable bonds is 4. The molecule has 0 aromatic heterocycles. The van der Waals surface area contributed by atoms with Gasteiger partial charge in [0.05, 0.1) is 17.0 Å². The average Bonchev–Trinajstić information content (AvgIpc) is 2.34. The number of anilines is 1. The molecule has 0 atom stereocenters. The van der Waals surface area contributed by atoms with Crippen LogP contribution >= 0.6 is 0 Å². The maximum atomic E-state index is 12.2. The van der Waals surface area contributed by atoms with Crippen LogP contribution in [0.3, 0.4) is 0 Å². The second-order valence-electron chi connectivity index (χ2n) is 4.81. The Morgan fingerprint density at radius 1 is 1.39 bits per heavy atom. The van der Waals surface area contributed by atoms with Crippen LogP contribution < -0.4 is 10.6 Å². The van der Waals surface area contributed by atoms with Gasteiger partial charge in [-0.1, -0.05) is 6.42 Å². The fraction of sp³-hybridized carbons (Fsp3) is 0.429. The van der Waals surface area contributed by atoms with Gasteiger partial charge in [-0.05, 0) is 44.2 Å². The van der Waals surface area contributed by atoms with Crippen LogP contribution in [-0.2, 0) is 4.79 Å². The van der Waals surface area contributed by atoms with Gasteiger partial charge in [0, 0.05) is 12.2 Å². The number of hydrogen-bond acceptors (Lipinski definition) is 3. The quantitative estimate of drug-likeness (QED) is 0.848. The summed E-state index contributed by atoms with van der Waals surface area (Å²) >= 11 is 0. The van der Waals surface area contributed by atoms with E-state index in [9.17, 15) is 4.79 Å². The van der Waals surface area contributed by atoms with Gasteiger partial charge in [-0.15, -0.1) is 0 Å². The molecule has 2 rings (SSSR count). The van der Waals surface area contributed by atoms with Crippen molar-refractivity contribution >= 4 is 11.6 Å². The van der Waals surface area contributed by atoms with Crippen LogP contribution in [0, 0.1) is 16.7 Å². The smallest absolute Gasteiger partial charge is 0.231 e. The summed E-state index contributed by atoms with van der Waals surface area (Å²) in [5, 5.41) is 14.7. The molecule has 0 spiro atoms. The van der Waals surface area contributed by atoms with Crippen LogP contribution in [0.1, 0.15) is 24.8 Å². The van der Waals surface area contributed by atoms with Gasteiger partial charge in [0.2, 0.25) is 5.91 Å². The highest BCUT2D eigenvalue weighted by Crippen LogP contribution is 2.41. The van der Waals surface area contributed by atoms with E-state index in [0.717, 1.165) is 31.5 Å². The lowest BCUT2D eigenvalue weighted by molar-refractivity contribution is -0.129. The van der Waals surface area contributed by atoms with Crippen molar-refractivity contribution in [2.45, 2.75) is 19.3 Å². The zero-order valence-electron chi connectivity index (χ0n) is 10.5. The maximum Gasteiger partial charge on any atom is 0.231 e. The summed E-state index contributed by atoms with van der Waals surface area (Å²) in [6.07, 6.45) is 2.99. The molecule has 1 amide bonds. The highest BCUT2D eigenvalue weighted by molar-refractivity contribution is 5.96. The Hall–Kier alpha value is -1.86. The fourth-order valence-corrected chi connectivity index (χ4v) is 2.32. The number of carbonyl (C=O) groups excluding carboxylic acids is 1. The number of nitrogens with one attached hydrogen (secondary N) is 2. The van der Waals surface area contributed by atoms with Crippen LogP contribution in [0.4, 0.5) is 5.69 Å². The van der Waals surface area contributed by atoms with Gasteiger partial charge < -0.3 is 10.6 Å². The molecule has 2 N–H and O–H groups in total. The summed E-state index contributed by atoms with van der Waals surface area (Å²) in [5.74, 6) is 0.0767. The van der Waals surface area contributed by atoms with E-state index in [-0.39, 0.29) is 11.3 Å². The first-order chi connectivity index (χ1) is 8.70. The van der Waals surface area contributed by atoms with Gasteiger partial charge >= 0.3 is 0 Å². The van der Waals surface area contributed by atoms with Crippen molar-refractivity contribution in [1.29, 1.82) is 5.26 Å². The lowest BCUT2D eigenvalue weighted by Gasteiger charge is -2.40. The second kappa shape index (κ2) is 5.19. The Morgan fingerprint density at radius 2 is 2.06 bits per heavy atom. The Balaban J connectivity index is 2.04. The zero-order chi connectivity index (χ0) is 13.0. The monoisotopic (exact) mass is 243 g/mol. The molecule has 94 valence electrons. The molecule has 0 aliphatic heterocycles. The predicted octanol–water partition coefficient (Wildman–Crippen LogP) is 1.89. The first-order valence-corrected chi connectivity index (χ1v) is 6.16. The summed E-state index contributed by atoms with van der Waals surface area (Å²) in [6.45, 7) is 0.717. The van der Waals surface area contributed by atoms with E-state index >= 15 is 0 Å². The molecule has 1 aliphatic carbocycles. The van der Waals surface area contributed by atoms with Gasteiger partial charge in [-0.25, -0.2) is 0 Å². The third-order valence-electron chi connectivity index (χ3n) is 3.58. The molecule has 0 saturated heterocycles. The van der Waals surface area contributed by atoms with Crippen molar-refractivity contribution in [3.8, 4) is 6.07 Å². The molecule has 0 bridgehead atoms. The van der Waals surface area contributed by atoms with E-state index < -0.39 is 0 Å². The van der Waals surface area contributed by atoms with Crippen LogP contribution in [-0.4, -0.2) is 19.5 Å². The Kier molecular flexibility index (Phi) is 3.63. The first-order valence-electron chi connectivity index (χ1n) is 6.16. The van der Waals surface area contributed by atoms with Crippen LogP contribution in [0.15, 0.2) is 24.3 Å². The number of nitrogens with zero attached hydrogens (tertiary/aromatic N) is 1. The second-order valence-corrected chi connectivity index (χ2v) is 4.81. The highest BCUT2D eigenvalue weighted by atomic mass is 16.2. The van der Waals surface area contributed by atoms with E-state index in [1.54, 1.807) is 24.3 Å². The molecule has 0 heterocycles. The van der Waals surface area contributed by atoms with E-state index in [4.69, 9.17) is 5.26 Å². The third kappa shape index (κ3) is 2.36. The Morgan fingerprint density at radius 3 is 2.50 bits per heavy atom. The average molecular weight is 243 g/mol. The molecule has 4 heteroatoms. The van der Waals surface area contributed by atoms with Gasteiger partial charge in [0.25, 0.3) is 0 Å². The zero-order valence-corrected chi connectivity index (χ0v) is 10.5. The summed E-state index contributed by atoms with van der Waals surface area (Å²) in [5.41, 5.74) is 1.10. The summed E-state index contributed by atoms with van der Waals surface area (Å²) < 4.78 is 0. The lowest BCUT2D eigenvalue weighted by atomic mass is 9.68. The van der Waals surface area contributed by atoms with Crippen LogP contribution in [0.2, 0.25) is 0 Å². The van der Waals surface area contributed by atoms with Gasteiger partial charge in [0.15, 0.2) is 0 Å². The number of carbonyl (C=O) groups is 1. The van der Waals surface area contributed by atoms with Crippen molar-refractivity contribution in [3.63, 3.8) is 0 Å². The van der Waals surface area contributed by atoms with Gasteiger partial charge in [-0.2, -0.15) is 5.26 Å². The topological polar surface area (TPSA) is 64.9 Å². The number of benzene rings is 1. The van der Waals surface area contributed by atoms with Crippen molar-refractivity contribution in [1.82, 2.24) is 5.32 Å². The van der Waals surface area contributed by atoms with E-state index in [0.29, 0.717) is 5.56 Å². The summed E-state index contributed by atoms with van der Waals surface area (Å²) in [4.78, 5) is 12.2. The van der Waals surface area contributed by atoms with E-state index in [1.165, 1.54) is 0 Å². The minimum atomic E-state index is -0.247. The molecule has 1 saturated carbocycles. The molecule has 1 fully saturated rings. The third-order valence-corrected chi connectivity index (χ3v) is 3.58. The summed E-state index contributed by atoms with van der Waals surface area (Å²) in [6, 6.07) is 9.01. The van der Waals surface area contributed by atoms with Gasteiger partial charge in [-0.3, -0.25) is 4.79 Å². The molecule has 18 heavy (non-hydrogen) atoms. The summed E-state index contributed by atoms with van der Waals surface area (Å²) in [7, 11) is 1.87. The molecular formula is C14H17N3O. The molecule has 1 aromatic carbocycles. The molecule has 0 radical (unpaired) electrons. The van der Waals surface area contributed by atoms with E-state index in [1.807, 2.05) is 7.05 Å². The SMILES string of the molecule is CNCC1(C(=O)Nc2ccc(C#N)cc2)CCC1. The Labute approximate surface area is 107 Å². The number of amides is 1. The largest absolute Gasteiger partial charge is 0.326 e. The molecular weight excluding hydrogens is 226 g/mol. The van der Waals surface area contributed by atoms with Crippen molar-refractivity contribution in [2.24, 2.45) is 5.41 Å². The molecule has 1 aromatic rings. The van der Waals surface area contributed by atoms with Crippen molar-refractivity contribution < 1.29 is 4.79 Å². The normalized spacial score (nSPS) is 16.4. The minimum Gasteiger partial charge on any atom is -0.326 e. The molecule has 0 unspecified atom stereocenters. The Bertz CT molecular complexity index is 469. The van der Waals surface area contributed by atoms with Crippen molar-refractivity contribution in [3.05, 3.63) is 29.8 Å². The predicted molar refractivity (Wildman–Crippen MR) is 70.0 cm³/mol. The lowest BCUT2D eigenvalue weighted by Crippen LogP contribution is -2.48. The standard InChI is InChI=1S/C14H17N3O/c1-16-10-14(7-2-8-14)13(18)17-12-5-3-11(9-15)4-6-12/h3-6,16H,2,7-8,10H2,1H3,(H,17,18). The first kappa shape index (κ1) is 12.6. The maximum absolute atomic E-state index is 12.2. The van der Waals surface area contributed by atoms with E-state index in [2.05, 4.69) is 16.7 Å². The number of hydrogen-bond donors (Lipinski definition) is 2. The van der Waals surface area contributed by atoms with Gasteiger partial charge in [0.1, 0.15) is 0 Å². The fourth-order valence-electron chi connectivity index (χ4n) is 2.32. The molecule has 1 aliphatic rings. The number of nitriles is 1. The van der Waals surface area contributed by atoms with Crippen LogP contribution in [0.25, 0.3) is 0 Å². The highest BCUT2D eigenvalue weighted by Gasteiger charge is 2.43. The van der Waals surface area contributed by atoms with Crippen molar-refractivity contribution in [2.75, 3.05) is 18.9 Å².